The van der Waals surface area contributed by atoms with Gasteiger partial charge >= 0.3 is 0 Å². The second kappa shape index (κ2) is 6.58. The molecule has 2 aromatic rings. The van der Waals surface area contributed by atoms with Gasteiger partial charge in [0.25, 0.3) is 0 Å². The lowest BCUT2D eigenvalue weighted by atomic mass is 10.2. The van der Waals surface area contributed by atoms with E-state index in [1.807, 2.05) is 61.3 Å². The van der Waals surface area contributed by atoms with Crippen molar-refractivity contribution in [3.8, 4) is 6.07 Å². The van der Waals surface area contributed by atoms with Gasteiger partial charge in [-0.2, -0.15) is 5.26 Å². The summed E-state index contributed by atoms with van der Waals surface area (Å²) in [6, 6.07) is 18.3. The number of para-hydroxylation sites is 1. The van der Waals surface area contributed by atoms with E-state index in [0.717, 1.165) is 11.4 Å². The number of carbonyl (C=O) groups is 1. The molecule has 0 fully saturated rings. The molecule has 0 aliphatic carbocycles. The summed E-state index contributed by atoms with van der Waals surface area (Å²) in [6.45, 7) is 1.84. The van der Waals surface area contributed by atoms with E-state index in [0.29, 0.717) is 5.56 Å². The molecule has 4 heteroatoms. The smallest absolute Gasteiger partial charge is 0.246 e. The van der Waals surface area contributed by atoms with Crippen LogP contribution >= 0.6 is 0 Å². The first-order valence-electron chi connectivity index (χ1n) is 6.70. The molecule has 1 atom stereocenters. The number of amides is 1. The van der Waals surface area contributed by atoms with Crippen molar-refractivity contribution in [3.63, 3.8) is 0 Å². The highest BCUT2D eigenvalue weighted by atomic mass is 16.2. The number of hydrogen-bond donors (Lipinski definition) is 1. The standard InChI is InChI=1S/C17H17N3O/c1-13(17(21)19-15-6-4-3-5-7-15)20(2)16-10-8-14(12-18)9-11-16/h3-11,13H,1-2H3,(H,19,21). The Morgan fingerprint density at radius 2 is 1.76 bits per heavy atom. The third-order valence-electron chi connectivity index (χ3n) is 3.41. The summed E-state index contributed by atoms with van der Waals surface area (Å²) < 4.78 is 0. The van der Waals surface area contributed by atoms with Crippen LogP contribution in [-0.4, -0.2) is 19.0 Å². The van der Waals surface area contributed by atoms with Gasteiger partial charge in [0.2, 0.25) is 5.91 Å². The van der Waals surface area contributed by atoms with Gasteiger partial charge in [-0.3, -0.25) is 4.79 Å². The fraction of sp³-hybridized carbons (Fsp3) is 0.176. The van der Waals surface area contributed by atoms with E-state index in [2.05, 4.69) is 11.4 Å². The van der Waals surface area contributed by atoms with Crippen molar-refractivity contribution in [2.75, 3.05) is 17.3 Å². The molecular weight excluding hydrogens is 262 g/mol. The minimum atomic E-state index is -0.321. The molecule has 0 heterocycles. The molecular formula is C17H17N3O. The lowest BCUT2D eigenvalue weighted by molar-refractivity contribution is -0.117. The van der Waals surface area contributed by atoms with E-state index in [-0.39, 0.29) is 11.9 Å². The van der Waals surface area contributed by atoms with Gasteiger partial charge in [-0.05, 0) is 43.3 Å². The van der Waals surface area contributed by atoms with Crippen LogP contribution in [0.15, 0.2) is 54.6 Å². The van der Waals surface area contributed by atoms with Crippen LogP contribution in [0.2, 0.25) is 0 Å². The molecule has 0 bridgehead atoms. The Balaban J connectivity index is 2.05. The quantitative estimate of drug-likeness (QED) is 0.936. The fourth-order valence-electron chi connectivity index (χ4n) is 1.94. The Bertz CT molecular complexity index is 644. The zero-order valence-electron chi connectivity index (χ0n) is 12.1. The average Bonchev–Trinajstić information content (AvgIpc) is 2.54. The summed E-state index contributed by atoms with van der Waals surface area (Å²) in [5.41, 5.74) is 2.28. The molecule has 1 unspecified atom stereocenters. The zero-order valence-corrected chi connectivity index (χ0v) is 12.1. The summed E-state index contributed by atoms with van der Waals surface area (Å²) in [5, 5.41) is 11.7. The van der Waals surface area contributed by atoms with Crippen LogP contribution in [0.4, 0.5) is 11.4 Å². The molecule has 1 amide bonds. The van der Waals surface area contributed by atoms with Crippen molar-refractivity contribution < 1.29 is 4.79 Å². The van der Waals surface area contributed by atoms with Gasteiger partial charge in [0.15, 0.2) is 0 Å². The van der Waals surface area contributed by atoms with E-state index < -0.39 is 0 Å². The first kappa shape index (κ1) is 14.6. The molecule has 0 aromatic heterocycles. The second-order valence-corrected chi connectivity index (χ2v) is 4.80. The van der Waals surface area contributed by atoms with Gasteiger partial charge in [-0.1, -0.05) is 18.2 Å². The van der Waals surface area contributed by atoms with Gasteiger partial charge in [0.1, 0.15) is 6.04 Å². The maximum Gasteiger partial charge on any atom is 0.246 e. The predicted octanol–water partition coefficient (Wildman–Crippen LogP) is 3.02. The number of rotatable bonds is 4. The Morgan fingerprint density at radius 1 is 1.14 bits per heavy atom. The number of carbonyl (C=O) groups excluding carboxylic acids is 1. The molecule has 0 saturated carbocycles. The molecule has 0 aliphatic heterocycles. The topological polar surface area (TPSA) is 56.1 Å². The Kier molecular flexibility index (Phi) is 4.57. The van der Waals surface area contributed by atoms with Crippen LogP contribution in [0.5, 0.6) is 0 Å². The first-order chi connectivity index (χ1) is 10.1. The van der Waals surface area contributed by atoms with Gasteiger partial charge < -0.3 is 10.2 Å². The summed E-state index contributed by atoms with van der Waals surface area (Å²) in [7, 11) is 1.86. The summed E-state index contributed by atoms with van der Waals surface area (Å²) >= 11 is 0. The van der Waals surface area contributed by atoms with Crippen molar-refractivity contribution in [3.05, 3.63) is 60.2 Å². The van der Waals surface area contributed by atoms with Gasteiger partial charge in [-0.25, -0.2) is 0 Å². The molecule has 21 heavy (non-hydrogen) atoms. The fourth-order valence-corrected chi connectivity index (χ4v) is 1.94. The lowest BCUT2D eigenvalue weighted by Crippen LogP contribution is -2.39. The van der Waals surface area contributed by atoms with E-state index >= 15 is 0 Å². The van der Waals surface area contributed by atoms with Gasteiger partial charge in [-0.15, -0.1) is 0 Å². The maximum atomic E-state index is 12.2. The largest absolute Gasteiger partial charge is 0.363 e. The van der Waals surface area contributed by atoms with Crippen molar-refractivity contribution >= 4 is 17.3 Å². The molecule has 0 saturated heterocycles. The van der Waals surface area contributed by atoms with Crippen LogP contribution in [0.25, 0.3) is 0 Å². The molecule has 1 N–H and O–H groups in total. The van der Waals surface area contributed by atoms with Gasteiger partial charge in [0, 0.05) is 18.4 Å². The number of nitriles is 1. The van der Waals surface area contributed by atoms with Crippen molar-refractivity contribution in [1.29, 1.82) is 5.26 Å². The monoisotopic (exact) mass is 279 g/mol. The SMILES string of the molecule is CC(C(=O)Nc1ccccc1)N(C)c1ccc(C#N)cc1. The zero-order chi connectivity index (χ0) is 15.2. The van der Waals surface area contributed by atoms with E-state index in [1.54, 1.807) is 12.1 Å². The molecule has 2 aromatic carbocycles. The Morgan fingerprint density at radius 3 is 2.33 bits per heavy atom. The Labute approximate surface area is 124 Å². The highest BCUT2D eigenvalue weighted by Crippen LogP contribution is 2.17. The summed E-state index contributed by atoms with van der Waals surface area (Å²) in [5.74, 6) is -0.0759. The highest BCUT2D eigenvalue weighted by molar-refractivity contribution is 5.96. The highest BCUT2D eigenvalue weighted by Gasteiger charge is 2.18. The lowest BCUT2D eigenvalue weighted by Gasteiger charge is -2.26. The van der Waals surface area contributed by atoms with E-state index in [4.69, 9.17) is 5.26 Å². The predicted molar refractivity (Wildman–Crippen MR) is 84.1 cm³/mol. The normalized spacial score (nSPS) is 11.3. The number of nitrogens with one attached hydrogen (secondary N) is 1. The molecule has 0 radical (unpaired) electrons. The van der Waals surface area contributed by atoms with E-state index in [9.17, 15) is 4.79 Å². The number of nitrogens with zero attached hydrogens (tertiary/aromatic N) is 2. The molecule has 0 spiro atoms. The van der Waals surface area contributed by atoms with Crippen molar-refractivity contribution in [1.82, 2.24) is 0 Å². The number of likely N-dealkylation sites (N-methyl/N-ethyl adjacent to an activating group) is 1. The third-order valence-corrected chi connectivity index (χ3v) is 3.41. The molecule has 106 valence electrons. The molecule has 4 nitrogen and oxygen atoms in total. The Hall–Kier alpha value is -2.80. The number of anilines is 2. The second-order valence-electron chi connectivity index (χ2n) is 4.80. The van der Waals surface area contributed by atoms with Crippen LogP contribution in [-0.2, 0) is 4.79 Å². The number of benzene rings is 2. The summed E-state index contributed by atoms with van der Waals surface area (Å²) in [6.07, 6.45) is 0. The average molecular weight is 279 g/mol. The third kappa shape index (κ3) is 3.61. The van der Waals surface area contributed by atoms with Crippen LogP contribution in [0, 0.1) is 11.3 Å². The first-order valence-corrected chi connectivity index (χ1v) is 6.70. The molecule has 0 aliphatic rings. The van der Waals surface area contributed by atoms with Crippen LogP contribution in [0.1, 0.15) is 12.5 Å². The van der Waals surface area contributed by atoms with Crippen LogP contribution < -0.4 is 10.2 Å². The molecule has 2 rings (SSSR count). The van der Waals surface area contributed by atoms with E-state index in [1.165, 1.54) is 0 Å². The maximum absolute atomic E-state index is 12.2. The minimum absolute atomic E-state index is 0.0759. The number of hydrogen-bond acceptors (Lipinski definition) is 3. The minimum Gasteiger partial charge on any atom is -0.363 e. The van der Waals surface area contributed by atoms with Crippen molar-refractivity contribution in [2.45, 2.75) is 13.0 Å². The van der Waals surface area contributed by atoms with Gasteiger partial charge in [0.05, 0.1) is 11.6 Å². The summed E-state index contributed by atoms with van der Waals surface area (Å²) in [4.78, 5) is 14.1. The van der Waals surface area contributed by atoms with Crippen LogP contribution in [0.3, 0.4) is 0 Å². The van der Waals surface area contributed by atoms with Crippen molar-refractivity contribution in [2.24, 2.45) is 0 Å².